The zero-order valence-corrected chi connectivity index (χ0v) is 14.4. The summed E-state index contributed by atoms with van der Waals surface area (Å²) in [6, 6.07) is 13.8. The lowest BCUT2D eigenvalue weighted by Crippen LogP contribution is -2.34. The third kappa shape index (κ3) is 5.83. The summed E-state index contributed by atoms with van der Waals surface area (Å²) in [5.74, 6) is 0. The Kier molecular flexibility index (Phi) is 6.64. The molecule has 0 radical (unpaired) electrons. The number of nitrogens with zero attached hydrogens (tertiary/aromatic N) is 1. The van der Waals surface area contributed by atoms with Crippen LogP contribution in [0.25, 0.3) is 0 Å². The number of sulfonamides is 1. The molecule has 2 aromatic rings. The first-order valence-electron chi connectivity index (χ1n) is 7.57. The molecule has 0 saturated heterocycles. The van der Waals surface area contributed by atoms with Gasteiger partial charge in [-0.1, -0.05) is 36.4 Å². The Morgan fingerprint density at radius 3 is 2.50 bits per heavy atom. The highest BCUT2D eigenvalue weighted by atomic mass is 32.2. The summed E-state index contributed by atoms with van der Waals surface area (Å²) in [5.41, 5.74) is 0.504. The molecule has 9 nitrogen and oxygen atoms in total. The van der Waals surface area contributed by atoms with Crippen LogP contribution in [0, 0.1) is 10.1 Å². The molecule has 0 fully saturated rings. The van der Waals surface area contributed by atoms with E-state index in [9.17, 15) is 23.3 Å². The van der Waals surface area contributed by atoms with Crippen LogP contribution in [0.2, 0.25) is 0 Å². The average molecular weight is 379 g/mol. The molecule has 0 aliphatic carbocycles. The topological polar surface area (TPSA) is 128 Å². The van der Waals surface area contributed by atoms with Gasteiger partial charge in [-0.15, -0.1) is 0 Å². The van der Waals surface area contributed by atoms with Gasteiger partial charge in [0.1, 0.15) is 6.61 Å². The van der Waals surface area contributed by atoms with E-state index in [4.69, 9.17) is 4.74 Å². The number of rotatable bonds is 8. The minimum Gasteiger partial charge on any atom is -0.445 e. The van der Waals surface area contributed by atoms with Gasteiger partial charge in [0.15, 0.2) is 0 Å². The molecule has 1 amide bonds. The molecule has 0 saturated carbocycles. The number of carbonyl (C=O) groups is 1. The lowest BCUT2D eigenvalue weighted by atomic mass is 10.2. The lowest BCUT2D eigenvalue weighted by molar-refractivity contribution is -0.385. The normalized spacial score (nSPS) is 10.9. The quantitative estimate of drug-likeness (QED) is 0.409. The largest absolute Gasteiger partial charge is 0.445 e. The molecule has 0 aromatic heterocycles. The van der Waals surface area contributed by atoms with Gasteiger partial charge in [0.2, 0.25) is 10.0 Å². The molecule has 2 rings (SSSR count). The molecule has 0 heterocycles. The standard InChI is InChI=1S/C16H17N3O6S/c20-16(25-12-13-5-2-1-3-6-13)17-9-10-18-26(23,24)15-8-4-7-14(11-15)19(21)22/h1-8,11,18H,9-10,12H2,(H,17,20). The summed E-state index contributed by atoms with van der Waals surface area (Å²) < 4.78 is 31.4. The van der Waals surface area contributed by atoms with Crippen LogP contribution < -0.4 is 10.0 Å². The van der Waals surface area contributed by atoms with Crippen molar-refractivity contribution in [3.63, 3.8) is 0 Å². The van der Waals surface area contributed by atoms with Gasteiger partial charge in [0.25, 0.3) is 5.69 Å². The summed E-state index contributed by atoms with van der Waals surface area (Å²) in [6.07, 6.45) is -0.677. The second kappa shape index (κ2) is 8.92. The maximum absolute atomic E-state index is 12.1. The van der Waals surface area contributed by atoms with Crippen molar-refractivity contribution in [2.24, 2.45) is 0 Å². The summed E-state index contributed by atoms with van der Waals surface area (Å²) in [4.78, 5) is 21.4. The third-order valence-corrected chi connectivity index (χ3v) is 4.70. The van der Waals surface area contributed by atoms with E-state index >= 15 is 0 Å². The van der Waals surface area contributed by atoms with E-state index in [1.165, 1.54) is 18.2 Å². The Morgan fingerprint density at radius 1 is 1.08 bits per heavy atom. The molecule has 0 atom stereocenters. The zero-order valence-electron chi connectivity index (χ0n) is 13.6. The van der Waals surface area contributed by atoms with Crippen molar-refractivity contribution in [2.75, 3.05) is 13.1 Å². The van der Waals surface area contributed by atoms with Crippen molar-refractivity contribution >= 4 is 21.8 Å². The van der Waals surface area contributed by atoms with Gasteiger partial charge in [-0.3, -0.25) is 10.1 Å². The van der Waals surface area contributed by atoms with Crippen LogP contribution >= 0.6 is 0 Å². The van der Waals surface area contributed by atoms with Gasteiger partial charge in [-0.05, 0) is 11.6 Å². The first-order chi connectivity index (χ1) is 12.4. The number of nitrogens with one attached hydrogen (secondary N) is 2. The second-order valence-electron chi connectivity index (χ2n) is 5.14. The van der Waals surface area contributed by atoms with Crippen molar-refractivity contribution in [3.8, 4) is 0 Å². The summed E-state index contributed by atoms with van der Waals surface area (Å²) >= 11 is 0. The van der Waals surface area contributed by atoms with E-state index in [1.807, 2.05) is 18.2 Å². The molecule has 2 N–H and O–H groups in total. The predicted octanol–water partition coefficient (Wildman–Crippen LogP) is 1.80. The van der Waals surface area contributed by atoms with Crippen molar-refractivity contribution in [2.45, 2.75) is 11.5 Å². The van der Waals surface area contributed by atoms with Crippen molar-refractivity contribution < 1.29 is 22.9 Å². The smallest absolute Gasteiger partial charge is 0.407 e. The third-order valence-electron chi connectivity index (χ3n) is 3.24. The molecule has 10 heteroatoms. The van der Waals surface area contributed by atoms with Gasteiger partial charge in [-0.25, -0.2) is 17.9 Å². The maximum Gasteiger partial charge on any atom is 0.407 e. The number of hydrogen-bond donors (Lipinski definition) is 2. The highest BCUT2D eigenvalue weighted by molar-refractivity contribution is 7.89. The fourth-order valence-electron chi connectivity index (χ4n) is 1.97. The fraction of sp³-hybridized carbons (Fsp3) is 0.188. The highest BCUT2D eigenvalue weighted by Gasteiger charge is 2.17. The van der Waals surface area contributed by atoms with Crippen LogP contribution in [0.15, 0.2) is 59.5 Å². The Balaban J connectivity index is 1.77. The number of nitro benzene ring substituents is 1. The first-order valence-corrected chi connectivity index (χ1v) is 9.05. The van der Waals surface area contributed by atoms with Gasteiger partial charge in [-0.2, -0.15) is 0 Å². The Hall–Kier alpha value is -2.98. The highest BCUT2D eigenvalue weighted by Crippen LogP contribution is 2.16. The van der Waals surface area contributed by atoms with Gasteiger partial charge in [0.05, 0.1) is 9.82 Å². The number of benzene rings is 2. The number of ether oxygens (including phenoxy) is 1. The molecule has 0 unspecified atom stereocenters. The van der Waals surface area contributed by atoms with Gasteiger partial charge >= 0.3 is 6.09 Å². The molecule has 0 bridgehead atoms. The number of carbonyl (C=O) groups excluding carboxylic acids is 1. The Morgan fingerprint density at radius 2 is 1.81 bits per heavy atom. The number of nitro groups is 1. The van der Waals surface area contributed by atoms with Crippen LogP contribution in [0.3, 0.4) is 0 Å². The molecule has 0 aliphatic heterocycles. The van der Waals surface area contributed by atoms with Crippen LogP contribution in [0.5, 0.6) is 0 Å². The van der Waals surface area contributed by atoms with Gasteiger partial charge in [0, 0.05) is 25.2 Å². The van der Waals surface area contributed by atoms with Gasteiger partial charge < -0.3 is 10.1 Å². The Bertz CT molecular complexity index is 871. The SMILES string of the molecule is O=C(NCCNS(=O)(=O)c1cccc([N+](=O)[O-])c1)OCc1ccccc1. The number of amides is 1. The predicted molar refractivity (Wildman–Crippen MR) is 92.9 cm³/mol. The van der Waals surface area contributed by atoms with Crippen molar-refractivity contribution in [1.82, 2.24) is 10.0 Å². The van der Waals surface area contributed by atoms with E-state index in [0.717, 1.165) is 11.6 Å². The fourth-order valence-corrected chi connectivity index (χ4v) is 3.04. The number of non-ortho nitro benzene ring substituents is 1. The summed E-state index contributed by atoms with van der Waals surface area (Å²) in [6.45, 7) is 0.0132. The minimum atomic E-state index is -3.92. The number of alkyl carbamates (subject to hydrolysis) is 1. The van der Waals surface area contributed by atoms with E-state index in [2.05, 4.69) is 10.0 Å². The maximum atomic E-state index is 12.1. The van der Waals surface area contributed by atoms with Crippen LogP contribution in [0.1, 0.15) is 5.56 Å². The van der Waals surface area contributed by atoms with Crippen LogP contribution in [0.4, 0.5) is 10.5 Å². The molecule has 138 valence electrons. The van der Waals surface area contributed by atoms with Crippen LogP contribution in [-0.4, -0.2) is 32.5 Å². The molecule has 2 aromatic carbocycles. The van der Waals surface area contributed by atoms with Crippen molar-refractivity contribution in [3.05, 3.63) is 70.3 Å². The summed E-state index contributed by atoms with van der Waals surface area (Å²) in [7, 11) is -3.92. The minimum absolute atomic E-state index is 0.00177. The average Bonchev–Trinajstić information content (AvgIpc) is 2.64. The monoisotopic (exact) mass is 379 g/mol. The van der Waals surface area contributed by atoms with E-state index in [-0.39, 0.29) is 30.3 Å². The van der Waals surface area contributed by atoms with E-state index < -0.39 is 21.0 Å². The molecular formula is C16H17N3O6S. The molecule has 26 heavy (non-hydrogen) atoms. The molecule has 0 spiro atoms. The lowest BCUT2D eigenvalue weighted by Gasteiger charge is -2.09. The molecular weight excluding hydrogens is 362 g/mol. The van der Waals surface area contributed by atoms with Crippen molar-refractivity contribution in [1.29, 1.82) is 0 Å². The Labute approximate surface area is 150 Å². The second-order valence-corrected chi connectivity index (χ2v) is 6.91. The summed E-state index contributed by atoms with van der Waals surface area (Å²) in [5, 5.41) is 13.1. The van der Waals surface area contributed by atoms with Crippen LogP contribution in [-0.2, 0) is 21.4 Å². The van der Waals surface area contributed by atoms with E-state index in [1.54, 1.807) is 12.1 Å². The first kappa shape index (κ1) is 19.3. The van der Waals surface area contributed by atoms with E-state index in [0.29, 0.717) is 0 Å². The zero-order chi connectivity index (χ0) is 19.0. The number of hydrogen-bond acceptors (Lipinski definition) is 6. The molecule has 0 aliphatic rings.